The minimum absolute atomic E-state index is 0.0477. The molecule has 2 aromatic rings. The molecule has 7 nitrogen and oxygen atoms in total. The van der Waals surface area contributed by atoms with Crippen molar-refractivity contribution in [3.05, 3.63) is 59.7 Å². The summed E-state index contributed by atoms with van der Waals surface area (Å²) in [6.07, 6.45) is 4.58. The lowest BCUT2D eigenvalue weighted by molar-refractivity contribution is 0.0263. The monoisotopic (exact) mass is 354 g/mol. The number of nitrogens with zero attached hydrogens (tertiary/aromatic N) is 4. The topological polar surface area (TPSA) is 86.6 Å². The summed E-state index contributed by atoms with van der Waals surface area (Å²) in [5.41, 5.74) is 1.71. The van der Waals surface area contributed by atoms with E-state index < -0.39 is 5.97 Å². The summed E-state index contributed by atoms with van der Waals surface area (Å²) in [5, 5.41) is 8.98. The summed E-state index contributed by atoms with van der Waals surface area (Å²) >= 11 is 0. The molecule has 0 radical (unpaired) electrons. The number of aromatic nitrogens is 2. The van der Waals surface area contributed by atoms with E-state index >= 15 is 0 Å². The molecule has 1 aromatic heterocycles. The van der Waals surface area contributed by atoms with Crippen LogP contribution in [0.5, 0.6) is 0 Å². The molecule has 7 heteroatoms. The van der Waals surface area contributed by atoms with Crippen molar-refractivity contribution in [2.24, 2.45) is 0 Å². The highest BCUT2D eigenvalue weighted by molar-refractivity contribution is 5.92. The van der Waals surface area contributed by atoms with E-state index in [1.165, 1.54) is 12.4 Å². The number of amides is 1. The van der Waals surface area contributed by atoms with Gasteiger partial charge in [0.05, 0.1) is 11.8 Å². The average Bonchev–Trinajstić information content (AvgIpc) is 2.62. The van der Waals surface area contributed by atoms with Crippen LogP contribution >= 0.6 is 0 Å². The van der Waals surface area contributed by atoms with E-state index in [0.29, 0.717) is 5.69 Å². The Morgan fingerprint density at radius 3 is 2.31 bits per heavy atom. The Morgan fingerprint density at radius 2 is 1.77 bits per heavy atom. The molecule has 2 atom stereocenters. The van der Waals surface area contributed by atoms with Gasteiger partial charge in [0.2, 0.25) is 0 Å². The number of carbonyl (C=O) groups excluding carboxylic acids is 1. The summed E-state index contributed by atoms with van der Waals surface area (Å²) in [6.45, 7) is 6.28. The lowest BCUT2D eigenvalue weighted by atomic mass is 10.1. The van der Waals surface area contributed by atoms with Gasteiger partial charge in [-0.15, -0.1) is 0 Å². The molecule has 2 heterocycles. The third kappa shape index (κ3) is 3.88. The fraction of sp³-hybridized carbons (Fsp3) is 0.368. The highest BCUT2D eigenvalue weighted by Crippen LogP contribution is 2.20. The molecule has 1 amide bonds. The predicted molar refractivity (Wildman–Crippen MR) is 95.8 cm³/mol. The Hall–Kier alpha value is -2.80. The highest BCUT2D eigenvalue weighted by atomic mass is 16.4. The van der Waals surface area contributed by atoms with Gasteiger partial charge in [-0.1, -0.05) is 12.1 Å². The molecule has 136 valence electrons. The van der Waals surface area contributed by atoms with E-state index in [0.717, 1.165) is 25.2 Å². The minimum atomic E-state index is -0.921. The van der Waals surface area contributed by atoms with Crippen molar-refractivity contribution in [2.45, 2.75) is 32.5 Å². The molecule has 1 aliphatic heterocycles. The van der Waals surface area contributed by atoms with E-state index in [2.05, 4.69) is 14.9 Å². The van der Waals surface area contributed by atoms with Gasteiger partial charge in [-0.25, -0.2) is 9.78 Å². The number of rotatable bonds is 4. The van der Waals surface area contributed by atoms with Crippen LogP contribution in [0.2, 0.25) is 0 Å². The van der Waals surface area contributed by atoms with Crippen LogP contribution in [0.15, 0.2) is 42.9 Å². The first kappa shape index (κ1) is 18.0. The molecule has 0 unspecified atom stereocenters. The molecule has 0 bridgehead atoms. The van der Waals surface area contributed by atoms with Gasteiger partial charge in [0.25, 0.3) is 5.91 Å². The number of piperazine rings is 1. The van der Waals surface area contributed by atoms with E-state index in [1.54, 1.807) is 18.3 Å². The quantitative estimate of drug-likeness (QED) is 0.903. The zero-order chi connectivity index (χ0) is 18.7. The Labute approximate surface area is 152 Å². The van der Waals surface area contributed by atoms with E-state index in [9.17, 15) is 9.59 Å². The lowest BCUT2D eigenvalue weighted by Gasteiger charge is -2.44. The van der Waals surface area contributed by atoms with E-state index in [4.69, 9.17) is 5.11 Å². The van der Waals surface area contributed by atoms with Crippen LogP contribution < -0.4 is 0 Å². The van der Waals surface area contributed by atoms with Gasteiger partial charge < -0.3 is 10.0 Å². The second-order valence-electron chi connectivity index (χ2n) is 6.70. The summed E-state index contributed by atoms with van der Waals surface area (Å²) in [7, 11) is 0. The van der Waals surface area contributed by atoms with Crippen LogP contribution in [0.1, 0.15) is 40.3 Å². The van der Waals surface area contributed by atoms with Crippen molar-refractivity contribution >= 4 is 11.9 Å². The Kier molecular flexibility index (Phi) is 5.27. The second kappa shape index (κ2) is 7.61. The van der Waals surface area contributed by atoms with Crippen molar-refractivity contribution in [3.63, 3.8) is 0 Å². The van der Waals surface area contributed by atoms with Gasteiger partial charge in [0, 0.05) is 44.1 Å². The summed E-state index contributed by atoms with van der Waals surface area (Å²) in [4.78, 5) is 35.9. The zero-order valence-electron chi connectivity index (χ0n) is 14.9. The number of benzene rings is 1. The Bertz CT molecular complexity index is 767. The van der Waals surface area contributed by atoms with Crippen molar-refractivity contribution in [1.29, 1.82) is 0 Å². The molecule has 0 spiro atoms. The summed E-state index contributed by atoms with van der Waals surface area (Å²) in [6, 6.07) is 7.03. The maximum absolute atomic E-state index is 12.7. The van der Waals surface area contributed by atoms with Crippen LogP contribution in [0.25, 0.3) is 0 Å². The number of carboxylic acids is 1. The number of aromatic carboxylic acids is 1. The first-order valence-electron chi connectivity index (χ1n) is 8.59. The van der Waals surface area contributed by atoms with Crippen LogP contribution in [0.3, 0.4) is 0 Å². The van der Waals surface area contributed by atoms with E-state index in [1.807, 2.05) is 30.9 Å². The van der Waals surface area contributed by atoms with Crippen molar-refractivity contribution in [1.82, 2.24) is 19.8 Å². The van der Waals surface area contributed by atoms with Gasteiger partial charge in [-0.05, 0) is 31.5 Å². The van der Waals surface area contributed by atoms with Gasteiger partial charge in [0.1, 0.15) is 5.69 Å². The summed E-state index contributed by atoms with van der Waals surface area (Å²) < 4.78 is 0. The van der Waals surface area contributed by atoms with Gasteiger partial charge in [-0.3, -0.25) is 14.7 Å². The standard InChI is InChI=1S/C19H22N4O3/c1-13-10-22(12-15-3-5-16(6-4-15)19(25)26)11-14(2)23(13)18(24)17-9-20-7-8-21-17/h3-9,13-14H,10-12H2,1-2H3,(H,25,26)/t13-,14+. The Morgan fingerprint density at radius 1 is 1.12 bits per heavy atom. The number of hydrogen-bond donors (Lipinski definition) is 1. The Balaban J connectivity index is 1.66. The number of carboxylic acid groups (broad SMARTS) is 1. The fourth-order valence-electron chi connectivity index (χ4n) is 3.51. The van der Waals surface area contributed by atoms with Crippen LogP contribution in [-0.2, 0) is 6.54 Å². The maximum atomic E-state index is 12.7. The molecule has 26 heavy (non-hydrogen) atoms. The molecule has 0 saturated carbocycles. The van der Waals surface area contributed by atoms with Gasteiger partial charge in [-0.2, -0.15) is 0 Å². The fourth-order valence-corrected chi connectivity index (χ4v) is 3.51. The highest BCUT2D eigenvalue weighted by Gasteiger charge is 2.33. The molecular formula is C19H22N4O3. The number of hydrogen-bond acceptors (Lipinski definition) is 5. The first-order chi connectivity index (χ1) is 12.5. The maximum Gasteiger partial charge on any atom is 0.335 e. The second-order valence-corrected chi connectivity index (χ2v) is 6.70. The molecular weight excluding hydrogens is 332 g/mol. The normalized spacial score (nSPS) is 20.8. The zero-order valence-corrected chi connectivity index (χ0v) is 14.9. The number of carbonyl (C=O) groups is 2. The van der Waals surface area contributed by atoms with Gasteiger partial charge >= 0.3 is 5.97 Å². The molecule has 0 aliphatic carbocycles. The van der Waals surface area contributed by atoms with Crippen LogP contribution in [-0.4, -0.2) is 61.9 Å². The lowest BCUT2D eigenvalue weighted by Crippen LogP contribution is -2.58. The van der Waals surface area contributed by atoms with Crippen molar-refractivity contribution in [3.8, 4) is 0 Å². The van der Waals surface area contributed by atoms with Crippen molar-refractivity contribution < 1.29 is 14.7 Å². The van der Waals surface area contributed by atoms with Crippen LogP contribution in [0.4, 0.5) is 0 Å². The molecule has 1 N–H and O–H groups in total. The third-order valence-electron chi connectivity index (χ3n) is 4.62. The average molecular weight is 354 g/mol. The van der Waals surface area contributed by atoms with Crippen LogP contribution in [0, 0.1) is 0 Å². The molecule has 1 aliphatic rings. The molecule has 1 aromatic carbocycles. The smallest absolute Gasteiger partial charge is 0.335 e. The molecule has 1 saturated heterocycles. The molecule has 1 fully saturated rings. The third-order valence-corrected chi connectivity index (χ3v) is 4.62. The van der Waals surface area contributed by atoms with E-state index in [-0.39, 0.29) is 23.6 Å². The van der Waals surface area contributed by atoms with Crippen molar-refractivity contribution in [2.75, 3.05) is 13.1 Å². The summed E-state index contributed by atoms with van der Waals surface area (Å²) in [5.74, 6) is -1.02. The SMILES string of the molecule is C[C@@H]1CN(Cc2ccc(C(=O)O)cc2)C[C@H](C)N1C(=O)c1cnccn1. The largest absolute Gasteiger partial charge is 0.478 e. The van der Waals surface area contributed by atoms with Gasteiger partial charge in [0.15, 0.2) is 0 Å². The first-order valence-corrected chi connectivity index (χ1v) is 8.59. The minimum Gasteiger partial charge on any atom is -0.478 e. The predicted octanol–water partition coefficient (Wildman–Crippen LogP) is 1.91. The molecule has 3 rings (SSSR count).